The maximum absolute atomic E-state index is 13.1. The second kappa shape index (κ2) is 4.00. The van der Waals surface area contributed by atoms with Gasteiger partial charge in [-0.25, -0.2) is 13.8 Å². The van der Waals surface area contributed by atoms with Gasteiger partial charge in [0.2, 0.25) is 0 Å². The Bertz CT molecular complexity index is 377. The van der Waals surface area contributed by atoms with Gasteiger partial charge in [0.25, 0.3) is 5.92 Å². The molecular weight excluding hydrogens is 210 g/mol. The van der Waals surface area contributed by atoms with Gasteiger partial charge in [0.05, 0.1) is 6.54 Å². The van der Waals surface area contributed by atoms with E-state index in [4.69, 9.17) is 0 Å². The molecule has 0 unspecified atom stereocenters. The molecule has 2 heterocycles. The second-order valence-corrected chi connectivity index (χ2v) is 4.60. The highest BCUT2D eigenvalue weighted by Gasteiger charge is 2.39. The van der Waals surface area contributed by atoms with Gasteiger partial charge in [0, 0.05) is 19.2 Å². The highest BCUT2D eigenvalue weighted by atomic mass is 19.3. The lowest BCUT2D eigenvalue weighted by atomic mass is 10.0. The average molecular weight is 226 g/mol. The van der Waals surface area contributed by atoms with Crippen LogP contribution in [0.2, 0.25) is 0 Å². The summed E-state index contributed by atoms with van der Waals surface area (Å²) in [5.74, 6) is -1.54. The van der Waals surface area contributed by atoms with Crippen molar-refractivity contribution in [3.63, 3.8) is 0 Å². The zero-order valence-corrected chi connectivity index (χ0v) is 9.58. The van der Waals surface area contributed by atoms with Crippen molar-refractivity contribution in [2.24, 2.45) is 0 Å². The summed E-state index contributed by atoms with van der Waals surface area (Å²) >= 11 is 0. The molecule has 0 amide bonds. The SMILES string of the molecule is CC(C)c1cccnc1N1CCC(F)(F)C1. The van der Waals surface area contributed by atoms with Crippen LogP contribution in [0.4, 0.5) is 14.6 Å². The summed E-state index contributed by atoms with van der Waals surface area (Å²) in [6.07, 6.45) is 1.60. The molecule has 4 heteroatoms. The normalized spacial score (nSPS) is 19.4. The molecule has 2 nitrogen and oxygen atoms in total. The van der Waals surface area contributed by atoms with Crippen LogP contribution in [0.5, 0.6) is 0 Å². The van der Waals surface area contributed by atoms with E-state index in [9.17, 15) is 8.78 Å². The molecule has 0 aliphatic carbocycles. The first-order valence-electron chi connectivity index (χ1n) is 5.57. The maximum atomic E-state index is 13.1. The number of halogens is 2. The van der Waals surface area contributed by atoms with Crippen molar-refractivity contribution in [2.75, 3.05) is 18.0 Å². The first-order valence-corrected chi connectivity index (χ1v) is 5.57. The van der Waals surface area contributed by atoms with E-state index in [2.05, 4.69) is 18.8 Å². The van der Waals surface area contributed by atoms with Crippen LogP contribution in [-0.2, 0) is 0 Å². The van der Waals surface area contributed by atoms with Crippen molar-refractivity contribution < 1.29 is 8.78 Å². The largest absolute Gasteiger partial charge is 0.350 e. The van der Waals surface area contributed by atoms with Crippen molar-refractivity contribution in [1.29, 1.82) is 0 Å². The Kier molecular flexibility index (Phi) is 2.82. The second-order valence-electron chi connectivity index (χ2n) is 4.60. The van der Waals surface area contributed by atoms with Gasteiger partial charge in [0.15, 0.2) is 0 Å². The molecule has 0 spiro atoms. The van der Waals surface area contributed by atoms with Gasteiger partial charge < -0.3 is 4.90 Å². The summed E-state index contributed by atoms with van der Waals surface area (Å²) in [6, 6.07) is 3.82. The summed E-state index contributed by atoms with van der Waals surface area (Å²) in [5, 5.41) is 0. The van der Waals surface area contributed by atoms with Crippen LogP contribution in [0.3, 0.4) is 0 Å². The van der Waals surface area contributed by atoms with Gasteiger partial charge >= 0.3 is 0 Å². The minimum atomic E-state index is -2.56. The van der Waals surface area contributed by atoms with Crippen LogP contribution in [0.15, 0.2) is 18.3 Å². The monoisotopic (exact) mass is 226 g/mol. The molecule has 0 bridgehead atoms. The number of nitrogens with zero attached hydrogens (tertiary/aromatic N) is 2. The number of hydrogen-bond donors (Lipinski definition) is 0. The van der Waals surface area contributed by atoms with Crippen LogP contribution < -0.4 is 4.90 Å². The standard InChI is InChI=1S/C12H16F2N2/c1-9(2)10-4-3-6-15-11(10)16-7-5-12(13,14)8-16/h3-4,6,9H,5,7-8H2,1-2H3. The molecule has 88 valence electrons. The molecule has 0 atom stereocenters. The number of pyridine rings is 1. The molecule has 0 aromatic carbocycles. The van der Waals surface area contributed by atoms with Gasteiger partial charge in [-0.1, -0.05) is 19.9 Å². The van der Waals surface area contributed by atoms with E-state index in [0.717, 1.165) is 11.4 Å². The third-order valence-electron chi connectivity index (χ3n) is 2.91. The van der Waals surface area contributed by atoms with E-state index >= 15 is 0 Å². The lowest BCUT2D eigenvalue weighted by Gasteiger charge is -2.21. The average Bonchev–Trinajstić information content (AvgIpc) is 2.59. The third kappa shape index (κ3) is 2.15. The van der Waals surface area contributed by atoms with Gasteiger partial charge in [-0.05, 0) is 17.5 Å². The summed E-state index contributed by atoms with van der Waals surface area (Å²) in [6.45, 7) is 4.29. The molecule has 1 aromatic rings. The van der Waals surface area contributed by atoms with E-state index in [1.54, 1.807) is 11.1 Å². The Labute approximate surface area is 94.3 Å². The number of hydrogen-bond acceptors (Lipinski definition) is 2. The fourth-order valence-corrected chi connectivity index (χ4v) is 2.04. The Balaban J connectivity index is 2.28. The predicted molar refractivity (Wildman–Crippen MR) is 60.1 cm³/mol. The summed E-state index contributed by atoms with van der Waals surface area (Å²) < 4.78 is 26.3. The molecule has 1 saturated heterocycles. The number of anilines is 1. The van der Waals surface area contributed by atoms with Gasteiger partial charge in [0.1, 0.15) is 5.82 Å². The highest BCUT2D eigenvalue weighted by Crippen LogP contribution is 2.33. The Morgan fingerprint density at radius 3 is 2.75 bits per heavy atom. The molecule has 1 aliphatic heterocycles. The Morgan fingerprint density at radius 1 is 1.44 bits per heavy atom. The van der Waals surface area contributed by atoms with Crippen LogP contribution in [0.25, 0.3) is 0 Å². The third-order valence-corrected chi connectivity index (χ3v) is 2.91. The van der Waals surface area contributed by atoms with E-state index in [1.807, 2.05) is 12.1 Å². The zero-order chi connectivity index (χ0) is 11.8. The van der Waals surface area contributed by atoms with Gasteiger partial charge in [-0.3, -0.25) is 0 Å². The first kappa shape index (κ1) is 11.3. The molecular formula is C12H16F2N2. The van der Waals surface area contributed by atoms with E-state index in [-0.39, 0.29) is 13.0 Å². The molecule has 0 saturated carbocycles. The maximum Gasteiger partial charge on any atom is 0.266 e. The van der Waals surface area contributed by atoms with Crippen molar-refractivity contribution in [3.8, 4) is 0 Å². The molecule has 1 aliphatic rings. The lowest BCUT2D eigenvalue weighted by molar-refractivity contribution is 0.0256. The fourth-order valence-electron chi connectivity index (χ4n) is 2.04. The van der Waals surface area contributed by atoms with Crippen molar-refractivity contribution in [3.05, 3.63) is 23.9 Å². The summed E-state index contributed by atoms with van der Waals surface area (Å²) in [5.41, 5.74) is 1.04. The molecule has 2 rings (SSSR count). The number of aromatic nitrogens is 1. The number of alkyl halides is 2. The smallest absolute Gasteiger partial charge is 0.266 e. The lowest BCUT2D eigenvalue weighted by Crippen LogP contribution is -2.26. The Morgan fingerprint density at radius 2 is 2.19 bits per heavy atom. The number of rotatable bonds is 2. The molecule has 0 radical (unpaired) electrons. The highest BCUT2D eigenvalue weighted by molar-refractivity contribution is 5.49. The van der Waals surface area contributed by atoms with E-state index in [1.165, 1.54) is 0 Å². The van der Waals surface area contributed by atoms with Crippen LogP contribution >= 0.6 is 0 Å². The first-order chi connectivity index (χ1) is 7.49. The minimum absolute atomic E-state index is 0.0683. The quantitative estimate of drug-likeness (QED) is 0.770. The van der Waals surface area contributed by atoms with E-state index in [0.29, 0.717) is 12.5 Å². The molecule has 1 aromatic heterocycles. The van der Waals surface area contributed by atoms with Crippen molar-refractivity contribution in [2.45, 2.75) is 32.1 Å². The van der Waals surface area contributed by atoms with Crippen molar-refractivity contribution in [1.82, 2.24) is 4.98 Å². The minimum Gasteiger partial charge on any atom is -0.350 e. The van der Waals surface area contributed by atoms with Gasteiger partial charge in [-0.15, -0.1) is 0 Å². The summed E-state index contributed by atoms with van der Waals surface area (Å²) in [4.78, 5) is 5.93. The van der Waals surface area contributed by atoms with Crippen LogP contribution in [-0.4, -0.2) is 24.0 Å². The predicted octanol–water partition coefficient (Wildman–Crippen LogP) is 3.05. The Hall–Kier alpha value is -1.19. The summed E-state index contributed by atoms with van der Waals surface area (Å²) in [7, 11) is 0. The van der Waals surface area contributed by atoms with E-state index < -0.39 is 5.92 Å². The fraction of sp³-hybridized carbons (Fsp3) is 0.583. The topological polar surface area (TPSA) is 16.1 Å². The molecule has 16 heavy (non-hydrogen) atoms. The van der Waals surface area contributed by atoms with Crippen molar-refractivity contribution >= 4 is 5.82 Å². The van der Waals surface area contributed by atoms with Gasteiger partial charge in [-0.2, -0.15) is 0 Å². The zero-order valence-electron chi connectivity index (χ0n) is 9.58. The molecule has 1 fully saturated rings. The van der Waals surface area contributed by atoms with Crippen LogP contribution in [0, 0.1) is 0 Å². The molecule has 0 N–H and O–H groups in total. The van der Waals surface area contributed by atoms with Crippen LogP contribution in [0.1, 0.15) is 31.7 Å².